The molecule has 0 heterocycles. The first-order valence-corrected chi connectivity index (χ1v) is 12.7. The van der Waals surface area contributed by atoms with Crippen LogP contribution in [0.5, 0.6) is 0 Å². The Hall–Kier alpha value is 0.290. The van der Waals surface area contributed by atoms with Crippen LogP contribution in [-0.4, -0.2) is 49.6 Å². The van der Waals surface area contributed by atoms with Crippen LogP contribution in [-0.2, 0) is 36.3 Å². The summed E-state index contributed by atoms with van der Waals surface area (Å²) in [6.45, 7) is 0.525. The molecular formula is C13H30O13P3-3. The fourth-order valence-corrected chi connectivity index (χ4v) is 3.48. The first-order chi connectivity index (χ1) is 12.8. The second-order valence-electron chi connectivity index (χ2n) is 5.65. The summed E-state index contributed by atoms with van der Waals surface area (Å²) >= 11 is 0. The van der Waals surface area contributed by atoms with Crippen molar-refractivity contribution in [3.63, 3.8) is 0 Å². The zero-order valence-electron chi connectivity index (χ0n) is 15.5. The Bertz CT molecular complexity index is 562. The van der Waals surface area contributed by atoms with E-state index in [1.165, 1.54) is 0 Å². The van der Waals surface area contributed by atoms with Gasteiger partial charge in [0.25, 0.3) is 23.5 Å². The van der Waals surface area contributed by atoms with Gasteiger partial charge in [-0.25, -0.2) is 0 Å². The van der Waals surface area contributed by atoms with Crippen molar-refractivity contribution in [1.82, 2.24) is 0 Å². The van der Waals surface area contributed by atoms with Gasteiger partial charge in [0, 0.05) is 18.4 Å². The third-order valence-corrected chi connectivity index (χ3v) is 5.81. The summed E-state index contributed by atoms with van der Waals surface area (Å²) < 4.78 is 55.7. The minimum absolute atomic E-state index is 0. The van der Waals surface area contributed by atoms with Gasteiger partial charge in [-0.3, -0.25) is 13.7 Å². The fourth-order valence-electron chi connectivity index (χ4n) is 1.55. The van der Waals surface area contributed by atoms with Gasteiger partial charge in [-0.05, 0) is 12.8 Å². The summed E-state index contributed by atoms with van der Waals surface area (Å²) in [6, 6.07) is 0. The van der Waals surface area contributed by atoms with Crippen molar-refractivity contribution < 1.29 is 61.0 Å². The molecule has 5 atom stereocenters. The van der Waals surface area contributed by atoms with Crippen molar-refractivity contribution in [2.45, 2.75) is 34.1 Å². The average Bonchev–Trinajstić information content (AvgIpc) is 2.59. The largest absolute Gasteiger partial charge is 0.756 e. The molecule has 29 heavy (non-hydrogen) atoms. The van der Waals surface area contributed by atoms with Crippen molar-refractivity contribution in [3.8, 4) is 0 Å². The molecule has 0 aliphatic rings. The van der Waals surface area contributed by atoms with Crippen LogP contribution in [0.3, 0.4) is 0 Å². The van der Waals surface area contributed by atoms with E-state index in [2.05, 4.69) is 22.6 Å². The van der Waals surface area contributed by atoms with E-state index in [1.807, 2.05) is 0 Å². The molecule has 0 radical (unpaired) electrons. The van der Waals surface area contributed by atoms with Crippen molar-refractivity contribution in [3.05, 3.63) is 0 Å². The molecule has 0 saturated carbocycles. The summed E-state index contributed by atoms with van der Waals surface area (Å²) in [5, 5.41) is 8.95. The SMILES string of the molecule is C.CCC(CO)COP(=O)([O-])OCCOP(=O)([O-])OCC(CC)COP(=O)([O-])O. The lowest BCUT2D eigenvalue weighted by Crippen LogP contribution is -2.20. The Kier molecular flexibility index (Phi) is 16.4. The monoisotopic (exact) mass is 487 g/mol. The van der Waals surface area contributed by atoms with Gasteiger partial charge in [0.2, 0.25) is 0 Å². The van der Waals surface area contributed by atoms with E-state index in [-0.39, 0.29) is 33.0 Å². The lowest BCUT2D eigenvalue weighted by Gasteiger charge is -2.27. The van der Waals surface area contributed by atoms with E-state index in [9.17, 15) is 28.4 Å². The predicted octanol–water partition coefficient (Wildman–Crippen LogP) is 0.148. The molecule has 0 aliphatic carbocycles. The highest BCUT2D eigenvalue weighted by molar-refractivity contribution is 7.46. The van der Waals surface area contributed by atoms with Crippen LogP contribution >= 0.6 is 23.5 Å². The number of hydrogen-bond acceptors (Lipinski definition) is 12. The van der Waals surface area contributed by atoms with Gasteiger partial charge < -0.3 is 47.3 Å². The number of hydrogen-bond donors (Lipinski definition) is 2. The quantitative estimate of drug-likeness (QED) is 0.207. The van der Waals surface area contributed by atoms with Gasteiger partial charge in [-0.15, -0.1) is 0 Å². The Balaban J connectivity index is 0. The Morgan fingerprint density at radius 1 is 0.759 bits per heavy atom. The lowest BCUT2D eigenvalue weighted by molar-refractivity contribution is -0.234. The van der Waals surface area contributed by atoms with E-state index in [0.29, 0.717) is 6.42 Å². The van der Waals surface area contributed by atoms with E-state index >= 15 is 0 Å². The minimum atomic E-state index is -4.93. The zero-order valence-corrected chi connectivity index (χ0v) is 18.2. The van der Waals surface area contributed by atoms with Crippen molar-refractivity contribution in [2.24, 2.45) is 11.8 Å². The lowest BCUT2D eigenvalue weighted by atomic mass is 10.1. The molecule has 178 valence electrons. The van der Waals surface area contributed by atoms with Gasteiger partial charge in [0.1, 0.15) is 0 Å². The van der Waals surface area contributed by atoms with Gasteiger partial charge in [-0.1, -0.05) is 21.3 Å². The van der Waals surface area contributed by atoms with Crippen LogP contribution in [0, 0.1) is 11.8 Å². The van der Waals surface area contributed by atoms with Crippen LogP contribution in [0.2, 0.25) is 0 Å². The highest BCUT2D eigenvalue weighted by Crippen LogP contribution is 2.41. The highest BCUT2D eigenvalue weighted by Gasteiger charge is 2.17. The molecule has 0 bridgehead atoms. The topological polar surface area (TPSA) is 207 Å². The maximum absolute atomic E-state index is 11.6. The average molecular weight is 487 g/mol. The maximum Gasteiger partial charge on any atom is 0.267 e. The van der Waals surface area contributed by atoms with Gasteiger partial charge in [-0.2, -0.15) is 0 Å². The van der Waals surface area contributed by atoms with E-state index in [0.717, 1.165) is 0 Å². The van der Waals surface area contributed by atoms with Crippen LogP contribution in [0.25, 0.3) is 0 Å². The molecule has 0 saturated heterocycles. The summed E-state index contributed by atoms with van der Waals surface area (Å²) in [6.07, 6.45) is 0.775. The van der Waals surface area contributed by atoms with E-state index < -0.39 is 55.8 Å². The first-order valence-electron chi connectivity index (χ1n) is 8.33. The molecule has 2 N–H and O–H groups in total. The second kappa shape index (κ2) is 15.2. The molecule has 0 aromatic rings. The number of aliphatic hydroxyl groups excluding tert-OH is 1. The maximum atomic E-state index is 11.6. The summed E-state index contributed by atoms with van der Waals surface area (Å²) in [5.74, 6) is -1.04. The van der Waals surface area contributed by atoms with Gasteiger partial charge in [0.15, 0.2) is 0 Å². The van der Waals surface area contributed by atoms with Gasteiger partial charge in [0.05, 0.1) is 33.0 Å². The highest BCUT2D eigenvalue weighted by atomic mass is 31.2. The van der Waals surface area contributed by atoms with Crippen LogP contribution in [0.4, 0.5) is 0 Å². The molecule has 5 unspecified atom stereocenters. The third-order valence-electron chi connectivity index (χ3n) is 3.41. The van der Waals surface area contributed by atoms with Crippen LogP contribution in [0.15, 0.2) is 0 Å². The molecule has 0 spiro atoms. The van der Waals surface area contributed by atoms with Crippen molar-refractivity contribution in [1.29, 1.82) is 0 Å². The Labute approximate surface area is 170 Å². The molecule has 13 nitrogen and oxygen atoms in total. The normalized spacial score (nSPS) is 20.0. The second-order valence-corrected chi connectivity index (χ2v) is 9.66. The van der Waals surface area contributed by atoms with Crippen molar-refractivity contribution in [2.75, 3.05) is 39.6 Å². The predicted molar refractivity (Wildman–Crippen MR) is 96.2 cm³/mol. The van der Waals surface area contributed by atoms with Gasteiger partial charge >= 0.3 is 0 Å². The standard InChI is InChI=1S/C12H29O13P3.CH4/c1-3-11(7-13)8-24-27(17,18)21-5-6-22-28(19,20)25-10-12(4-2)9-23-26(14,15)16;/h11-13H,3-10H2,1-2H3,(H,17,18)(H,19,20)(H2,14,15,16);1H4/p-3. The third kappa shape index (κ3) is 17.6. The summed E-state index contributed by atoms with van der Waals surface area (Å²) in [4.78, 5) is 42.1. The smallest absolute Gasteiger partial charge is 0.267 e. The van der Waals surface area contributed by atoms with Crippen LogP contribution < -0.4 is 14.7 Å². The number of rotatable bonds is 17. The van der Waals surface area contributed by atoms with E-state index in [4.69, 9.17) is 10.00 Å². The molecule has 0 amide bonds. The minimum Gasteiger partial charge on any atom is -0.756 e. The van der Waals surface area contributed by atoms with E-state index in [1.54, 1.807) is 13.8 Å². The molecular weight excluding hydrogens is 457 g/mol. The molecule has 0 rings (SSSR count). The number of phosphoric acid groups is 3. The zero-order chi connectivity index (χ0) is 21.8. The summed E-state index contributed by atoms with van der Waals surface area (Å²) in [7, 11) is -14.4. The Morgan fingerprint density at radius 3 is 1.48 bits per heavy atom. The molecule has 0 aromatic heterocycles. The molecule has 0 aliphatic heterocycles. The first kappa shape index (κ1) is 31.5. The number of phosphoric ester groups is 3. The molecule has 16 heteroatoms. The fraction of sp³-hybridized carbons (Fsp3) is 1.00. The summed E-state index contributed by atoms with van der Waals surface area (Å²) in [5.41, 5.74) is 0. The van der Waals surface area contributed by atoms with Crippen LogP contribution in [0.1, 0.15) is 34.1 Å². The Morgan fingerprint density at radius 2 is 1.14 bits per heavy atom. The number of aliphatic hydroxyl groups is 1. The molecule has 0 fully saturated rings. The van der Waals surface area contributed by atoms with Crippen molar-refractivity contribution >= 4 is 23.5 Å². The molecule has 0 aromatic carbocycles.